The normalized spacial score (nSPS) is 21.2. The monoisotopic (exact) mass is 446 g/mol. The number of anilines is 1. The van der Waals surface area contributed by atoms with Crippen LogP contribution < -0.4 is 5.73 Å². The Morgan fingerprint density at radius 2 is 2.00 bits per heavy atom. The van der Waals surface area contributed by atoms with Gasteiger partial charge in [-0.15, -0.1) is 0 Å². The molecule has 2 aliphatic rings. The van der Waals surface area contributed by atoms with E-state index in [-0.39, 0.29) is 17.9 Å². The van der Waals surface area contributed by atoms with E-state index in [9.17, 15) is 9.90 Å². The van der Waals surface area contributed by atoms with Crippen molar-refractivity contribution in [2.24, 2.45) is 7.05 Å². The van der Waals surface area contributed by atoms with E-state index in [4.69, 9.17) is 5.73 Å². The summed E-state index contributed by atoms with van der Waals surface area (Å²) in [6.07, 6.45) is 4.38. The molecule has 2 aliphatic heterocycles. The summed E-state index contributed by atoms with van der Waals surface area (Å²) in [5, 5.41) is 10.7. The van der Waals surface area contributed by atoms with E-state index in [0.29, 0.717) is 18.9 Å². The molecule has 2 atom stereocenters. The minimum absolute atomic E-state index is 0.0338. The Kier molecular flexibility index (Phi) is 5.64. The third kappa shape index (κ3) is 3.89. The second-order valence-corrected chi connectivity index (χ2v) is 9.13. The van der Waals surface area contributed by atoms with Gasteiger partial charge in [0.2, 0.25) is 5.91 Å². The summed E-state index contributed by atoms with van der Waals surface area (Å²) in [5.74, 6) is 0.603. The van der Waals surface area contributed by atoms with E-state index < -0.39 is 0 Å². The maximum Gasteiger partial charge on any atom is 0.245 e. The van der Waals surface area contributed by atoms with Gasteiger partial charge in [-0.05, 0) is 30.0 Å². The lowest BCUT2D eigenvalue weighted by molar-refractivity contribution is -0.125. The summed E-state index contributed by atoms with van der Waals surface area (Å²) in [6, 6.07) is 8.55. The van der Waals surface area contributed by atoms with Crippen LogP contribution in [0.5, 0.6) is 0 Å². The Hall–Kier alpha value is -3.23. The van der Waals surface area contributed by atoms with Crippen molar-refractivity contribution in [2.45, 2.75) is 31.4 Å². The number of aryl methyl sites for hydroxylation is 1. The third-order valence-electron chi connectivity index (χ3n) is 7.00. The number of likely N-dealkylation sites (tertiary alicyclic amines) is 2. The zero-order valence-electron chi connectivity index (χ0n) is 18.9. The number of aliphatic hydroxyl groups is 1. The Morgan fingerprint density at radius 1 is 1.21 bits per heavy atom. The largest absolute Gasteiger partial charge is 0.392 e. The predicted octanol–water partition coefficient (Wildman–Crippen LogP) is 2.29. The van der Waals surface area contributed by atoms with E-state index >= 15 is 0 Å². The molecule has 4 heterocycles. The van der Waals surface area contributed by atoms with Crippen LogP contribution in [-0.4, -0.2) is 67.6 Å². The fraction of sp³-hybridized carbons (Fsp3) is 0.400. The highest BCUT2D eigenvalue weighted by Crippen LogP contribution is 2.42. The number of nitrogen functional groups attached to an aromatic ring is 1. The number of rotatable bonds is 5. The molecule has 172 valence electrons. The zero-order valence-corrected chi connectivity index (χ0v) is 18.9. The van der Waals surface area contributed by atoms with Gasteiger partial charge in [0.25, 0.3) is 0 Å². The van der Waals surface area contributed by atoms with Gasteiger partial charge in [0.15, 0.2) is 0 Å². The first-order valence-electron chi connectivity index (χ1n) is 11.5. The fourth-order valence-corrected chi connectivity index (χ4v) is 5.37. The molecule has 2 aromatic heterocycles. The number of hydrogen-bond donors (Lipinski definition) is 2. The maximum atomic E-state index is 12.2. The molecule has 0 aliphatic carbocycles. The molecule has 8 heteroatoms. The molecule has 5 rings (SSSR count). The number of hydrogen-bond acceptors (Lipinski definition) is 6. The molecule has 8 nitrogen and oxygen atoms in total. The topological polar surface area (TPSA) is 101 Å². The van der Waals surface area contributed by atoms with Crippen LogP contribution in [0.1, 0.15) is 30.0 Å². The van der Waals surface area contributed by atoms with Crippen LogP contribution in [0, 0.1) is 0 Å². The van der Waals surface area contributed by atoms with Crippen molar-refractivity contribution in [1.29, 1.82) is 0 Å². The maximum absolute atomic E-state index is 12.2. The summed E-state index contributed by atoms with van der Waals surface area (Å²) in [7, 11) is 2.01. The van der Waals surface area contributed by atoms with Crippen LogP contribution in [0.15, 0.2) is 43.2 Å². The standard InChI is InChI=1S/C25H30N6O2/c1-3-20(33)31-11-8-18(13-31)23-21(22-24(26)27-15-28-25(22)29(23)2)17-6-4-16(5-7-17)12-30-10-9-19(32)14-30/h3-7,15,18-19,32H,1,8-14H2,2H3,(H2,26,27,28)/t18?,19-/m1/s1. The van der Waals surface area contributed by atoms with Crippen LogP contribution in [0.2, 0.25) is 0 Å². The van der Waals surface area contributed by atoms with Gasteiger partial charge in [-0.3, -0.25) is 9.69 Å². The number of amides is 1. The van der Waals surface area contributed by atoms with Crippen molar-refractivity contribution in [1.82, 2.24) is 24.3 Å². The quantitative estimate of drug-likeness (QED) is 0.584. The minimum Gasteiger partial charge on any atom is -0.392 e. The van der Waals surface area contributed by atoms with E-state index in [0.717, 1.165) is 60.3 Å². The average Bonchev–Trinajstić information content (AvgIpc) is 3.53. The fourth-order valence-electron chi connectivity index (χ4n) is 5.37. The van der Waals surface area contributed by atoms with Crippen molar-refractivity contribution in [3.63, 3.8) is 0 Å². The van der Waals surface area contributed by atoms with Crippen molar-refractivity contribution in [3.05, 3.63) is 54.5 Å². The van der Waals surface area contributed by atoms with E-state index in [2.05, 4.69) is 50.3 Å². The second-order valence-electron chi connectivity index (χ2n) is 9.13. The van der Waals surface area contributed by atoms with Crippen LogP contribution in [0.3, 0.4) is 0 Å². The van der Waals surface area contributed by atoms with Crippen molar-refractivity contribution in [3.8, 4) is 11.1 Å². The molecule has 2 fully saturated rings. The third-order valence-corrected chi connectivity index (χ3v) is 7.00. The summed E-state index contributed by atoms with van der Waals surface area (Å²) in [4.78, 5) is 25.1. The summed E-state index contributed by atoms with van der Waals surface area (Å²) in [6.45, 7) is 7.46. The second kappa shape index (κ2) is 8.61. The van der Waals surface area contributed by atoms with Gasteiger partial charge in [0, 0.05) is 56.9 Å². The number of nitrogens with zero attached hydrogens (tertiary/aromatic N) is 5. The van der Waals surface area contributed by atoms with Crippen LogP contribution >= 0.6 is 0 Å². The number of nitrogens with two attached hydrogens (primary N) is 1. The van der Waals surface area contributed by atoms with Crippen molar-refractivity contribution < 1.29 is 9.90 Å². The number of aromatic nitrogens is 3. The number of carbonyl (C=O) groups excluding carboxylic acids is 1. The lowest BCUT2D eigenvalue weighted by atomic mass is 9.94. The molecule has 1 aromatic carbocycles. The SMILES string of the molecule is C=CC(=O)N1CCC(c2c(-c3ccc(CN4CC[C@@H](O)C4)cc3)c3c(N)ncnc3n2C)C1. The molecule has 0 spiro atoms. The molecular formula is C25H30N6O2. The van der Waals surface area contributed by atoms with E-state index in [1.54, 1.807) is 0 Å². The molecule has 3 aromatic rings. The van der Waals surface area contributed by atoms with Gasteiger partial charge in [0.1, 0.15) is 17.8 Å². The minimum atomic E-state index is -0.218. The first-order valence-corrected chi connectivity index (χ1v) is 11.5. The van der Waals surface area contributed by atoms with Crippen LogP contribution in [0.25, 0.3) is 22.2 Å². The van der Waals surface area contributed by atoms with Gasteiger partial charge < -0.3 is 20.3 Å². The molecule has 1 unspecified atom stereocenters. The molecule has 1 amide bonds. The smallest absolute Gasteiger partial charge is 0.245 e. The molecule has 0 saturated carbocycles. The highest BCUT2D eigenvalue weighted by molar-refractivity contribution is 6.02. The molecule has 0 bridgehead atoms. The number of carbonyl (C=O) groups is 1. The van der Waals surface area contributed by atoms with Crippen LogP contribution in [0.4, 0.5) is 5.82 Å². The molecule has 2 saturated heterocycles. The number of aliphatic hydroxyl groups excluding tert-OH is 1. The molecular weight excluding hydrogens is 416 g/mol. The lowest BCUT2D eigenvalue weighted by Crippen LogP contribution is -2.26. The lowest BCUT2D eigenvalue weighted by Gasteiger charge is -2.18. The first kappa shape index (κ1) is 21.6. The Labute approximate surface area is 193 Å². The van der Waals surface area contributed by atoms with Crippen LogP contribution in [-0.2, 0) is 18.4 Å². The molecule has 33 heavy (non-hydrogen) atoms. The van der Waals surface area contributed by atoms with E-state index in [1.807, 2.05) is 11.9 Å². The Bertz CT molecular complexity index is 1200. The van der Waals surface area contributed by atoms with E-state index in [1.165, 1.54) is 18.0 Å². The van der Waals surface area contributed by atoms with Gasteiger partial charge >= 0.3 is 0 Å². The predicted molar refractivity (Wildman–Crippen MR) is 128 cm³/mol. The number of benzene rings is 1. The van der Waals surface area contributed by atoms with Gasteiger partial charge in [0.05, 0.1) is 11.5 Å². The number of β-amino-alcohol motifs (C(OH)–C–C–N with tert-alkyl or cyclic N) is 1. The van der Waals surface area contributed by atoms with Gasteiger partial charge in [-0.1, -0.05) is 30.8 Å². The molecule has 3 N–H and O–H groups in total. The molecule has 0 radical (unpaired) electrons. The van der Waals surface area contributed by atoms with Crippen molar-refractivity contribution >= 4 is 22.8 Å². The summed E-state index contributed by atoms with van der Waals surface area (Å²) in [5.41, 5.74) is 11.6. The summed E-state index contributed by atoms with van der Waals surface area (Å²) >= 11 is 0. The van der Waals surface area contributed by atoms with Gasteiger partial charge in [-0.2, -0.15) is 0 Å². The number of fused-ring (bicyclic) bond motifs is 1. The highest BCUT2D eigenvalue weighted by Gasteiger charge is 2.32. The Morgan fingerprint density at radius 3 is 2.70 bits per heavy atom. The Balaban J connectivity index is 1.54. The van der Waals surface area contributed by atoms with Gasteiger partial charge in [-0.25, -0.2) is 9.97 Å². The average molecular weight is 447 g/mol. The first-order chi connectivity index (χ1) is 16.0. The summed E-state index contributed by atoms with van der Waals surface area (Å²) < 4.78 is 2.11. The van der Waals surface area contributed by atoms with Crippen molar-refractivity contribution in [2.75, 3.05) is 31.9 Å². The highest BCUT2D eigenvalue weighted by atomic mass is 16.3. The zero-order chi connectivity index (χ0) is 23.1.